The summed E-state index contributed by atoms with van der Waals surface area (Å²) in [5, 5.41) is -0.122. The lowest BCUT2D eigenvalue weighted by Gasteiger charge is -2.38. The highest BCUT2D eigenvalue weighted by Gasteiger charge is 2.43. The number of anilines is 1. The number of amidine groups is 1. The Kier molecular flexibility index (Phi) is 5.63. The summed E-state index contributed by atoms with van der Waals surface area (Å²) in [5.41, 5.74) is 2.35. The van der Waals surface area contributed by atoms with Gasteiger partial charge >= 0.3 is 0 Å². The first-order valence-corrected chi connectivity index (χ1v) is 11.8. The Morgan fingerprint density at radius 3 is 2.58 bits per heavy atom. The smallest absolute Gasteiger partial charge is 0.243 e. The van der Waals surface area contributed by atoms with E-state index in [4.69, 9.17) is 9.73 Å². The molecule has 0 N–H and O–H groups in total. The lowest BCUT2D eigenvalue weighted by molar-refractivity contribution is -0.128. The van der Waals surface area contributed by atoms with Gasteiger partial charge in [-0.05, 0) is 30.7 Å². The average molecular weight is 437 g/mol. The van der Waals surface area contributed by atoms with E-state index in [1.807, 2.05) is 36.1 Å². The standard InChI is InChI=1S/C24H28N4O2S/c1-17-25-22-18-7-3-6-10-21(18)31-23(22)24(29)28(17)16-13-26-11-14-27(15-12-26)19-8-4-5-9-20(19)30-2/h3-10,22-23H,11-16H2,1-2H3. The van der Waals surface area contributed by atoms with Gasteiger partial charge in [-0.1, -0.05) is 30.3 Å². The molecule has 5 rings (SSSR count). The normalized spacial score (nSPS) is 23.4. The summed E-state index contributed by atoms with van der Waals surface area (Å²) in [6.45, 7) is 7.40. The predicted octanol–water partition coefficient (Wildman–Crippen LogP) is 3.29. The van der Waals surface area contributed by atoms with Crippen LogP contribution in [0.5, 0.6) is 5.75 Å². The molecule has 0 radical (unpaired) electrons. The van der Waals surface area contributed by atoms with Crippen molar-refractivity contribution in [1.29, 1.82) is 0 Å². The molecule has 0 bridgehead atoms. The number of thioether (sulfide) groups is 1. The summed E-state index contributed by atoms with van der Waals surface area (Å²) in [6.07, 6.45) is 0. The molecule has 6 nitrogen and oxygen atoms in total. The van der Waals surface area contributed by atoms with Gasteiger partial charge in [0.25, 0.3) is 0 Å². The van der Waals surface area contributed by atoms with Crippen LogP contribution in [0.25, 0.3) is 0 Å². The molecule has 0 spiro atoms. The molecule has 31 heavy (non-hydrogen) atoms. The van der Waals surface area contributed by atoms with Gasteiger partial charge in [-0.3, -0.25) is 19.6 Å². The molecule has 1 amide bonds. The van der Waals surface area contributed by atoms with Gasteiger partial charge in [0.2, 0.25) is 5.91 Å². The Balaban J connectivity index is 1.19. The maximum Gasteiger partial charge on any atom is 0.243 e. The van der Waals surface area contributed by atoms with Gasteiger partial charge in [0.05, 0.1) is 18.8 Å². The van der Waals surface area contributed by atoms with E-state index < -0.39 is 0 Å². The van der Waals surface area contributed by atoms with Gasteiger partial charge in [0.1, 0.15) is 16.8 Å². The molecule has 7 heteroatoms. The molecule has 0 saturated carbocycles. The van der Waals surface area contributed by atoms with Crippen LogP contribution in [0.4, 0.5) is 5.69 Å². The van der Waals surface area contributed by atoms with Crippen molar-refractivity contribution >= 4 is 29.2 Å². The van der Waals surface area contributed by atoms with E-state index in [1.165, 1.54) is 10.5 Å². The predicted molar refractivity (Wildman–Crippen MR) is 125 cm³/mol. The Hall–Kier alpha value is -2.51. The van der Waals surface area contributed by atoms with Crippen LogP contribution < -0.4 is 9.64 Å². The molecule has 0 aliphatic carbocycles. The summed E-state index contributed by atoms with van der Waals surface area (Å²) in [4.78, 5) is 26.1. The van der Waals surface area contributed by atoms with Crippen molar-refractivity contribution < 1.29 is 9.53 Å². The monoisotopic (exact) mass is 436 g/mol. The molecule has 2 aromatic rings. The Morgan fingerprint density at radius 1 is 1.03 bits per heavy atom. The molecule has 2 atom stereocenters. The van der Waals surface area contributed by atoms with Crippen LogP contribution in [-0.4, -0.2) is 73.2 Å². The minimum Gasteiger partial charge on any atom is -0.495 e. The summed E-state index contributed by atoms with van der Waals surface area (Å²) in [7, 11) is 1.72. The minimum atomic E-state index is -0.122. The third kappa shape index (κ3) is 3.81. The number of carbonyl (C=O) groups excluding carboxylic acids is 1. The number of hydrogen-bond acceptors (Lipinski definition) is 6. The molecular weight excluding hydrogens is 408 g/mol. The van der Waals surface area contributed by atoms with Gasteiger partial charge in [0, 0.05) is 44.2 Å². The molecule has 3 heterocycles. The van der Waals surface area contributed by atoms with Crippen molar-refractivity contribution in [1.82, 2.24) is 9.80 Å². The van der Waals surface area contributed by atoms with E-state index in [9.17, 15) is 4.79 Å². The van der Waals surface area contributed by atoms with Crippen LogP contribution in [0.2, 0.25) is 0 Å². The average Bonchev–Trinajstić information content (AvgIpc) is 3.18. The fourth-order valence-electron chi connectivity index (χ4n) is 4.72. The van der Waals surface area contributed by atoms with Gasteiger partial charge in [-0.2, -0.15) is 0 Å². The largest absolute Gasteiger partial charge is 0.495 e. The van der Waals surface area contributed by atoms with Gasteiger partial charge in [0.15, 0.2) is 0 Å². The maximum absolute atomic E-state index is 13.2. The Bertz CT molecular complexity index is 1000. The molecule has 162 valence electrons. The summed E-state index contributed by atoms with van der Waals surface area (Å²) < 4.78 is 5.52. The zero-order valence-electron chi connectivity index (χ0n) is 18.0. The summed E-state index contributed by atoms with van der Waals surface area (Å²) in [5.74, 6) is 1.97. The van der Waals surface area contributed by atoms with Gasteiger partial charge < -0.3 is 9.64 Å². The van der Waals surface area contributed by atoms with Crippen molar-refractivity contribution in [3.63, 3.8) is 0 Å². The quantitative estimate of drug-likeness (QED) is 0.720. The first-order valence-electron chi connectivity index (χ1n) is 10.9. The van der Waals surface area contributed by atoms with Crippen LogP contribution in [0.1, 0.15) is 18.5 Å². The van der Waals surface area contributed by atoms with E-state index in [0.717, 1.165) is 50.0 Å². The zero-order valence-corrected chi connectivity index (χ0v) is 18.8. The van der Waals surface area contributed by atoms with E-state index in [0.29, 0.717) is 6.54 Å². The lowest BCUT2D eigenvalue weighted by Crippen LogP contribution is -2.52. The van der Waals surface area contributed by atoms with E-state index in [1.54, 1.807) is 18.9 Å². The van der Waals surface area contributed by atoms with Crippen LogP contribution in [0.3, 0.4) is 0 Å². The minimum absolute atomic E-state index is 0.0330. The number of piperazine rings is 1. The SMILES string of the molecule is COc1ccccc1N1CCN(CCN2C(=O)C3Sc4ccccc4C3N=C2C)CC1. The summed E-state index contributed by atoms with van der Waals surface area (Å²) >= 11 is 1.67. The Labute approximate surface area is 187 Å². The first kappa shape index (κ1) is 20.4. The molecule has 2 aromatic carbocycles. The highest BCUT2D eigenvalue weighted by Crippen LogP contribution is 2.48. The van der Waals surface area contributed by atoms with E-state index >= 15 is 0 Å². The fourth-order valence-corrected chi connectivity index (χ4v) is 6.04. The molecular formula is C24H28N4O2S. The third-order valence-corrected chi connectivity index (χ3v) is 7.78. The highest BCUT2D eigenvalue weighted by atomic mass is 32.2. The van der Waals surface area contributed by atoms with Crippen molar-refractivity contribution in [2.24, 2.45) is 4.99 Å². The first-order chi connectivity index (χ1) is 15.2. The number of amides is 1. The number of fused-ring (bicyclic) bond motifs is 3. The van der Waals surface area contributed by atoms with Crippen molar-refractivity contribution in [2.45, 2.75) is 23.1 Å². The van der Waals surface area contributed by atoms with Crippen molar-refractivity contribution in [2.75, 3.05) is 51.3 Å². The second-order valence-corrected chi connectivity index (χ2v) is 9.37. The number of benzene rings is 2. The number of ether oxygens (including phenoxy) is 1. The highest BCUT2D eigenvalue weighted by molar-refractivity contribution is 8.01. The topological polar surface area (TPSA) is 48.4 Å². The zero-order chi connectivity index (χ0) is 21.4. The number of rotatable bonds is 5. The second kappa shape index (κ2) is 8.55. The van der Waals surface area contributed by atoms with Crippen LogP contribution in [0, 0.1) is 0 Å². The fraction of sp³-hybridized carbons (Fsp3) is 0.417. The number of aliphatic imine (C=N–C) groups is 1. The third-order valence-electron chi connectivity index (χ3n) is 6.44. The molecule has 3 aliphatic heterocycles. The number of carbonyl (C=O) groups is 1. The number of para-hydroxylation sites is 2. The van der Waals surface area contributed by atoms with Crippen molar-refractivity contribution in [3.8, 4) is 5.75 Å². The number of methoxy groups -OCH3 is 1. The van der Waals surface area contributed by atoms with Gasteiger partial charge in [-0.15, -0.1) is 11.8 Å². The molecule has 1 fully saturated rings. The van der Waals surface area contributed by atoms with Crippen LogP contribution >= 0.6 is 11.8 Å². The Morgan fingerprint density at radius 2 is 1.77 bits per heavy atom. The maximum atomic E-state index is 13.2. The van der Waals surface area contributed by atoms with Crippen LogP contribution in [-0.2, 0) is 4.79 Å². The number of nitrogens with zero attached hydrogens (tertiary/aromatic N) is 4. The van der Waals surface area contributed by atoms with Crippen LogP contribution in [0.15, 0.2) is 58.4 Å². The lowest BCUT2D eigenvalue weighted by atomic mass is 10.0. The van der Waals surface area contributed by atoms with E-state index in [2.05, 4.69) is 34.1 Å². The number of hydrogen-bond donors (Lipinski definition) is 0. The van der Waals surface area contributed by atoms with Gasteiger partial charge in [-0.25, -0.2) is 0 Å². The van der Waals surface area contributed by atoms with Crippen molar-refractivity contribution in [3.05, 3.63) is 54.1 Å². The second-order valence-electron chi connectivity index (χ2n) is 8.19. The molecule has 1 saturated heterocycles. The molecule has 0 aromatic heterocycles. The summed E-state index contributed by atoms with van der Waals surface area (Å²) in [6, 6.07) is 16.4. The molecule has 2 unspecified atom stereocenters. The molecule has 3 aliphatic rings. The van der Waals surface area contributed by atoms with E-state index in [-0.39, 0.29) is 17.2 Å².